The highest BCUT2D eigenvalue weighted by Gasteiger charge is 2.27. The zero-order valence-electron chi connectivity index (χ0n) is 10.2. The van der Waals surface area contributed by atoms with Gasteiger partial charge in [-0.2, -0.15) is 0 Å². The zero-order chi connectivity index (χ0) is 13.9. The molecule has 1 atom stereocenters. The number of rotatable bonds is 5. The third-order valence-corrected chi connectivity index (χ3v) is 5.54. The predicted molar refractivity (Wildman–Crippen MR) is 79.7 cm³/mol. The summed E-state index contributed by atoms with van der Waals surface area (Å²) in [5.41, 5.74) is 0. The van der Waals surface area contributed by atoms with Gasteiger partial charge in [-0.3, -0.25) is 0 Å². The monoisotopic (exact) mass is 367 g/mol. The van der Waals surface area contributed by atoms with Crippen LogP contribution in [-0.4, -0.2) is 39.1 Å². The van der Waals surface area contributed by atoms with Crippen LogP contribution in [0.25, 0.3) is 0 Å². The molecule has 0 amide bonds. The average Bonchev–Trinajstić information content (AvgIpc) is 2.67. The van der Waals surface area contributed by atoms with Crippen LogP contribution in [0, 0.1) is 0 Å². The Labute approximate surface area is 126 Å². The van der Waals surface area contributed by atoms with E-state index < -0.39 is 9.84 Å². The van der Waals surface area contributed by atoms with Gasteiger partial charge in [0.2, 0.25) is 0 Å². The van der Waals surface area contributed by atoms with Crippen LogP contribution < -0.4 is 10.1 Å². The van der Waals surface area contributed by atoms with E-state index in [4.69, 9.17) is 16.3 Å². The van der Waals surface area contributed by atoms with Crippen LogP contribution in [0.2, 0.25) is 5.02 Å². The first-order valence-corrected chi connectivity index (χ1v) is 8.97. The maximum atomic E-state index is 11.3. The standard InChI is InChI=1S/C12H15BrClNO3S/c13-11-7-9(14)1-2-12(11)18-5-4-15-10-3-6-19(16,17)8-10/h1-2,7,10,15H,3-6,8H2. The summed E-state index contributed by atoms with van der Waals surface area (Å²) in [6, 6.07) is 5.39. The molecule has 1 aromatic rings. The summed E-state index contributed by atoms with van der Waals surface area (Å²) in [4.78, 5) is 0. The number of hydrogen-bond acceptors (Lipinski definition) is 4. The zero-order valence-corrected chi connectivity index (χ0v) is 13.4. The van der Waals surface area contributed by atoms with E-state index in [-0.39, 0.29) is 17.5 Å². The molecule has 0 saturated carbocycles. The van der Waals surface area contributed by atoms with E-state index >= 15 is 0 Å². The minimum absolute atomic E-state index is 0.0576. The van der Waals surface area contributed by atoms with Gasteiger partial charge in [-0.25, -0.2) is 8.42 Å². The lowest BCUT2D eigenvalue weighted by Gasteiger charge is -2.12. The molecule has 0 radical (unpaired) electrons. The van der Waals surface area contributed by atoms with Crippen molar-refractivity contribution in [3.63, 3.8) is 0 Å². The van der Waals surface area contributed by atoms with Crippen LogP contribution in [0.3, 0.4) is 0 Å². The lowest BCUT2D eigenvalue weighted by Crippen LogP contribution is -2.33. The number of hydrogen-bond donors (Lipinski definition) is 1. The molecule has 0 aliphatic carbocycles. The minimum atomic E-state index is -2.82. The molecule has 0 spiro atoms. The first kappa shape index (κ1) is 15.1. The summed E-state index contributed by atoms with van der Waals surface area (Å²) in [6.07, 6.45) is 0.687. The van der Waals surface area contributed by atoms with E-state index in [0.29, 0.717) is 24.6 Å². The van der Waals surface area contributed by atoms with Crippen LogP contribution in [0.5, 0.6) is 5.75 Å². The highest BCUT2D eigenvalue weighted by Crippen LogP contribution is 2.27. The Bertz CT molecular complexity index is 550. The third-order valence-electron chi connectivity index (χ3n) is 2.92. The molecule has 1 N–H and O–H groups in total. The normalized spacial score (nSPS) is 21.5. The van der Waals surface area contributed by atoms with Gasteiger partial charge in [0, 0.05) is 17.6 Å². The first-order chi connectivity index (χ1) is 8.96. The van der Waals surface area contributed by atoms with Gasteiger partial charge in [0.05, 0.1) is 16.0 Å². The van der Waals surface area contributed by atoms with Crippen LogP contribution in [0.4, 0.5) is 0 Å². The predicted octanol–water partition coefficient (Wildman–Crippen LogP) is 2.26. The second-order valence-corrected chi connectivity index (χ2v) is 8.00. The van der Waals surface area contributed by atoms with E-state index in [2.05, 4.69) is 21.2 Å². The second-order valence-electron chi connectivity index (χ2n) is 4.48. The number of nitrogens with one attached hydrogen (secondary N) is 1. The molecule has 1 aliphatic heterocycles. The van der Waals surface area contributed by atoms with E-state index in [1.54, 1.807) is 18.2 Å². The number of halogens is 2. The molecule has 1 unspecified atom stereocenters. The summed E-state index contributed by atoms with van der Waals surface area (Å²) in [7, 11) is -2.82. The highest BCUT2D eigenvalue weighted by atomic mass is 79.9. The fourth-order valence-corrected chi connectivity index (χ4v) is 4.48. The molecule has 1 saturated heterocycles. The third kappa shape index (κ3) is 4.63. The van der Waals surface area contributed by atoms with Crippen molar-refractivity contribution in [2.45, 2.75) is 12.5 Å². The molecular weight excluding hydrogens is 354 g/mol. The van der Waals surface area contributed by atoms with Gasteiger partial charge < -0.3 is 10.1 Å². The molecule has 1 aliphatic rings. The summed E-state index contributed by atoms with van der Waals surface area (Å²) in [5, 5.41) is 3.84. The van der Waals surface area contributed by atoms with Crippen molar-refractivity contribution >= 4 is 37.4 Å². The topological polar surface area (TPSA) is 55.4 Å². The SMILES string of the molecule is O=S1(=O)CCC(NCCOc2ccc(Cl)cc2Br)C1. The Balaban J connectivity index is 1.72. The molecular formula is C12H15BrClNO3S. The van der Waals surface area contributed by atoms with Crippen LogP contribution in [0.1, 0.15) is 6.42 Å². The van der Waals surface area contributed by atoms with Gasteiger partial charge in [-0.15, -0.1) is 0 Å². The number of sulfone groups is 1. The van der Waals surface area contributed by atoms with Crippen molar-refractivity contribution in [2.75, 3.05) is 24.7 Å². The largest absolute Gasteiger partial charge is 0.491 e. The van der Waals surface area contributed by atoms with Crippen molar-refractivity contribution < 1.29 is 13.2 Å². The fourth-order valence-electron chi connectivity index (χ4n) is 1.97. The van der Waals surface area contributed by atoms with Crippen molar-refractivity contribution in [1.29, 1.82) is 0 Å². The van der Waals surface area contributed by atoms with Crippen LogP contribution >= 0.6 is 27.5 Å². The Hall–Kier alpha value is -0.300. The minimum Gasteiger partial charge on any atom is -0.491 e. The quantitative estimate of drug-likeness (QED) is 0.810. The van der Waals surface area contributed by atoms with Gasteiger partial charge in [-0.05, 0) is 40.5 Å². The van der Waals surface area contributed by atoms with Crippen molar-refractivity contribution in [3.05, 3.63) is 27.7 Å². The van der Waals surface area contributed by atoms with Crippen LogP contribution in [-0.2, 0) is 9.84 Å². The molecule has 0 aromatic heterocycles. The fraction of sp³-hybridized carbons (Fsp3) is 0.500. The molecule has 1 heterocycles. The molecule has 0 bridgehead atoms. The Kier molecular flexibility index (Phi) is 5.11. The van der Waals surface area contributed by atoms with Gasteiger partial charge in [0.1, 0.15) is 12.4 Å². The molecule has 19 heavy (non-hydrogen) atoms. The average molecular weight is 369 g/mol. The molecule has 7 heteroatoms. The van der Waals surface area contributed by atoms with Crippen LogP contribution in [0.15, 0.2) is 22.7 Å². The van der Waals surface area contributed by atoms with Gasteiger partial charge in [-0.1, -0.05) is 11.6 Å². The van der Waals surface area contributed by atoms with Gasteiger partial charge in [0.25, 0.3) is 0 Å². The van der Waals surface area contributed by atoms with E-state index in [1.165, 1.54) is 0 Å². The van der Waals surface area contributed by atoms with Gasteiger partial charge in [0.15, 0.2) is 9.84 Å². The van der Waals surface area contributed by atoms with E-state index in [9.17, 15) is 8.42 Å². The maximum absolute atomic E-state index is 11.3. The highest BCUT2D eigenvalue weighted by molar-refractivity contribution is 9.10. The van der Waals surface area contributed by atoms with Crippen molar-refractivity contribution in [3.8, 4) is 5.75 Å². The summed E-state index contributed by atoms with van der Waals surface area (Å²) < 4.78 is 29.0. The summed E-state index contributed by atoms with van der Waals surface area (Å²) in [6.45, 7) is 1.10. The Morgan fingerprint density at radius 1 is 1.47 bits per heavy atom. The summed E-state index contributed by atoms with van der Waals surface area (Å²) in [5.74, 6) is 1.25. The second kappa shape index (κ2) is 6.43. The Morgan fingerprint density at radius 3 is 2.89 bits per heavy atom. The molecule has 1 fully saturated rings. The lowest BCUT2D eigenvalue weighted by molar-refractivity contribution is 0.306. The smallest absolute Gasteiger partial charge is 0.151 e. The molecule has 1 aromatic carbocycles. The Morgan fingerprint density at radius 2 is 2.26 bits per heavy atom. The van der Waals surface area contributed by atoms with Crippen molar-refractivity contribution in [2.24, 2.45) is 0 Å². The molecule has 4 nitrogen and oxygen atoms in total. The molecule has 2 rings (SSSR count). The first-order valence-electron chi connectivity index (χ1n) is 5.98. The molecule has 106 valence electrons. The number of benzene rings is 1. The maximum Gasteiger partial charge on any atom is 0.151 e. The van der Waals surface area contributed by atoms with Gasteiger partial charge >= 0.3 is 0 Å². The van der Waals surface area contributed by atoms with E-state index in [0.717, 1.165) is 10.2 Å². The summed E-state index contributed by atoms with van der Waals surface area (Å²) >= 11 is 9.21. The lowest BCUT2D eigenvalue weighted by atomic mass is 10.3. The van der Waals surface area contributed by atoms with Crippen molar-refractivity contribution in [1.82, 2.24) is 5.32 Å². The van der Waals surface area contributed by atoms with E-state index in [1.807, 2.05) is 0 Å². The number of ether oxygens (including phenoxy) is 1.